The van der Waals surface area contributed by atoms with Crippen molar-refractivity contribution in [2.24, 2.45) is 39.9 Å². The van der Waals surface area contributed by atoms with E-state index in [4.69, 9.17) is 0 Å². The summed E-state index contributed by atoms with van der Waals surface area (Å²) >= 11 is 2.05. The Morgan fingerprint density at radius 1 is 0.870 bits per heavy atom. The third-order valence-electron chi connectivity index (χ3n) is 10.1. The molecular weight excluding hydrogens is 296 g/mol. The molecule has 23 heavy (non-hydrogen) atoms. The van der Waals surface area contributed by atoms with Crippen LogP contribution in [0.1, 0.15) is 84.0 Å². The fourth-order valence-electron chi connectivity index (χ4n) is 9.50. The summed E-state index contributed by atoms with van der Waals surface area (Å²) in [5.41, 5.74) is 2.46. The molecule has 0 aliphatic heterocycles. The number of hydrogen-bond acceptors (Lipinski definition) is 1. The van der Waals surface area contributed by atoms with Crippen LogP contribution in [-0.4, -0.2) is 12.0 Å². The summed E-state index contributed by atoms with van der Waals surface area (Å²) in [6.45, 7) is 2.75. The molecule has 5 aliphatic carbocycles. The summed E-state index contributed by atoms with van der Waals surface area (Å²) in [5.74, 6) is 5.90. The highest BCUT2D eigenvalue weighted by Crippen LogP contribution is 2.91. The standard InChI is InChI=1S/C22H36S/c1-20-13-11-19-21-12-4-3-6-17(21)10-14-22(19,21)18(20)9-8-16(20)7-5-15-23-2/h16-19H,3-15H2,1-2H3. The van der Waals surface area contributed by atoms with Crippen LogP contribution in [0.5, 0.6) is 0 Å². The molecule has 0 radical (unpaired) electrons. The molecule has 0 aromatic carbocycles. The lowest BCUT2D eigenvalue weighted by Gasteiger charge is -2.45. The summed E-state index contributed by atoms with van der Waals surface area (Å²) in [7, 11) is 0. The first kappa shape index (κ1) is 15.6. The SMILES string of the molecule is CSCCCC1CCC2C1(C)CCC1C34CCCCC3CCC214. The van der Waals surface area contributed by atoms with Crippen molar-refractivity contribution in [2.75, 3.05) is 12.0 Å². The third-order valence-corrected chi connectivity index (χ3v) is 10.8. The Balaban J connectivity index is 1.42. The van der Waals surface area contributed by atoms with Gasteiger partial charge in [-0.2, -0.15) is 11.8 Å². The number of thioether (sulfide) groups is 1. The van der Waals surface area contributed by atoms with Crippen molar-refractivity contribution in [1.82, 2.24) is 0 Å². The van der Waals surface area contributed by atoms with Gasteiger partial charge in [-0.15, -0.1) is 0 Å². The molecule has 0 amide bonds. The Hall–Kier alpha value is 0.350. The summed E-state index contributed by atoms with van der Waals surface area (Å²) < 4.78 is 0. The predicted molar refractivity (Wildman–Crippen MR) is 101 cm³/mol. The fraction of sp³-hybridized carbons (Fsp3) is 1.00. The number of hydrogen-bond donors (Lipinski definition) is 0. The second-order valence-corrected chi connectivity index (χ2v) is 11.1. The molecule has 130 valence electrons. The van der Waals surface area contributed by atoms with Gasteiger partial charge < -0.3 is 0 Å². The zero-order chi connectivity index (χ0) is 15.7. The Kier molecular flexibility index (Phi) is 3.51. The summed E-state index contributed by atoms with van der Waals surface area (Å²) in [5, 5.41) is 0. The van der Waals surface area contributed by atoms with Crippen LogP contribution in [0.4, 0.5) is 0 Å². The second-order valence-electron chi connectivity index (χ2n) is 10.1. The highest BCUT2D eigenvalue weighted by atomic mass is 32.2. The first-order chi connectivity index (χ1) is 11.2. The average Bonchev–Trinajstić information content (AvgIpc) is 2.83. The van der Waals surface area contributed by atoms with E-state index in [0.29, 0.717) is 0 Å². The summed E-state index contributed by atoms with van der Waals surface area (Å²) in [6.07, 6.45) is 21.2. The van der Waals surface area contributed by atoms with Crippen molar-refractivity contribution in [3.05, 3.63) is 0 Å². The van der Waals surface area contributed by atoms with Crippen molar-refractivity contribution < 1.29 is 0 Å². The van der Waals surface area contributed by atoms with E-state index in [1.165, 1.54) is 24.5 Å². The van der Waals surface area contributed by atoms with E-state index < -0.39 is 0 Å². The van der Waals surface area contributed by atoms with Gasteiger partial charge in [0.2, 0.25) is 0 Å². The largest absolute Gasteiger partial charge is 0.165 e. The molecule has 0 aromatic rings. The van der Waals surface area contributed by atoms with Crippen molar-refractivity contribution in [1.29, 1.82) is 0 Å². The van der Waals surface area contributed by atoms with Crippen molar-refractivity contribution in [2.45, 2.75) is 84.0 Å². The molecule has 7 unspecified atom stereocenters. The lowest BCUT2D eigenvalue weighted by atomic mass is 9.59. The monoisotopic (exact) mass is 332 g/mol. The Labute approximate surface area is 147 Å². The number of fused-ring (bicyclic) bond motifs is 1. The molecule has 0 N–H and O–H groups in total. The van der Waals surface area contributed by atoms with E-state index in [2.05, 4.69) is 24.9 Å². The Morgan fingerprint density at radius 3 is 2.65 bits per heavy atom. The van der Waals surface area contributed by atoms with Crippen LogP contribution >= 0.6 is 11.8 Å². The van der Waals surface area contributed by atoms with Gasteiger partial charge in [-0.1, -0.05) is 19.8 Å². The van der Waals surface area contributed by atoms with Crippen LogP contribution in [0.25, 0.3) is 0 Å². The maximum Gasteiger partial charge on any atom is -0.00702 e. The van der Waals surface area contributed by atoms with Crippen molar-refractivity contribution in [3.8, 4) is 0 Å². The summed E-state index contributed by atoms with van der Waals surface area (Å²) in [4.78, 5) is 0. The second kappa shape index (κ2) is 5.18. The molecule has 5 fully saturated rings. The Morgan fingerprint density at radius 2 is 1.78 bits per heavy atom. The number of rotatable bonds is 4. The highest BCUT2D eigenvalue weighted by molar-refractivity contribution is 7.98. The van der Waals surface area contributed by atoms with Crippen LogP contribution in [0.2, 0.25) is 0 Å². The topological polar surface area (TPSA) is 0 Å². The van der Waals surface area contributed by atoms with E-state index in [1.807, 2.05) is 0 Å². The van der Waals surface area contributed by atoms with E-state index in [9.17, 15) is 0 Å². The Bertz CT molecular complexity index is 486. The molecule has 5 aliphatic rings. The minimum atomic E-state index is 0.727. The lowest BCUT2D eigenvalue weighted by Crippen LogP contribution is -2.38. The van der Waals surface area contributed by atoms with Gasteiger partial charge in [-0.3, -0.25) is 0 Å². The zero-order valence-electron chi connectivity index (χ0n) is 15.4. The van der Waals surface area contributed by atoms with Crippen LogP contribution in [0.15, 0.2) is 0 Å². The molecule has 5 saturated carbocycles. The normalized spacial score (nSPS) is 56.6. The van der Waals surface area contributed by atoms with Crippen molar-refractivity contribution in [3.63, 3.8) is 0 Å². The maximum atomic E-state index is 2.75. The first-order valence-corrected chi connectivity index (χ1v) is 12.1. The molecule has 7 atom stereocenters. The molecule has 0 heterocycles. The van der Waals surface area contributed by atoms with Crippen molar-refractivity contribution >= 4 is 11.8 Å². The maximum absolute atomic E-state index is 2.75. The van der Waals surface area contributed by atoms with Gasteiger partial charge in [0.1, 0.15) is 0 Å². The van der Waals surface area contributed by atoms with Crippen LogP contribution in [-0.2, 0) is 0 Å². The van der Waals surface area contributed by atoms with Gasteiger partial charge in [-0.25, -0.2) is 0 Å². The minimum absolute atomic E-state index is 0.727. The molecule has 0 bridgehead atoms. The van der Waals surface area contributed by atoms with Gasteiger partial charge in [0, 0.05) is 0 Å². The molecular formula is C22H36S. The third kappa shape index (κ3) is 1.72. The molecule has 0 aromatic heterocycles. The van der Waals surface area contributed by atoms with E-state index in [-0.39, 0.29) is 0 Å². The van der Waals surface area contributed by atoms with Gasteiger partial charge in [-0.05, 0) is 116 Å². The molecule has 1 heteroatoms. The average molecular weight is 333 g/mol. The highest BCUT2D eigenvalue weighted by Gasteiger charge is 2.85. The van der Waals surface area contributed by atoms with E-state index >= 15 is 0 Å². The fourth-order valence-corrected chi connectivity index (χ4v) is 9.96. The lowest BCUT2D eigenvalue weighted by molar-refractivity contribution is 0.0311. The zero-order valence-corrected chi connectivity index (χ0v) is 16.2. The summed E-state index contributed by atoms with van der Waals surface area (Å²) in [6, 6.07) is 0. The van der Waals surface area contributed by atoms with Gasteiger partial charge in [0.05, 0.1) is 0 Å². The van der Waals surface area contributed by atoms with Crippen LogP contribution in [0.3, 0.4) is 0 Å². The van der Waals surface area contributed by atoms with E-state index in [0.717, 1.165) is 34.0 Å². The van der Waals surface area contributed by atoms with Gasteiger partial charge in [0.25, 0.3) is 0 Å². The molecule has 0 nitrogen and oxygen atoms in total. The predicted octanol–water partition coefficient (Wildman–Crippen LogP) is 6.54. The molecule has 0 saturated heterocycles. The van der Waals surface area contributed by atoms with Crippen LogP contribution in [0, 0.1) is 39.9 Å². The first-order valence-electron chi connectivity index (χ1n) is 10.7. The van der Waals surface area contributed by atoms with Gasteiger partial charge in [0.15, 0.2) is 0 Å². The van der Waals surface area contributed by atoms with E-state index in [1.54, 1.807) is 64.2 Å². The minimum Gasteiger partial charge on any atom is -0.165 e. The van der Waals surface area contributed by atoms with Gasteiger partial charge >= 0.3 is 0 Å². The quantitative estimate of drug-likeness (QED) is 0.526. The smallest absolute Gasteiger partial charge is 0.00702 e. The van der Waals surface area contributed by atoms with Crippen LogP contribution < -0.4 is 0 Å². The molecule has 2 spiro atoms. The molecule has 5 rings (SSSR count).